The molecule has 2 N–H and O–H groups in total. The molecule has 0 bridgehead atoms. The second-order valence-corrected chi connectivity index (χ2v) is 5.64. The molecule has 1 amide bonds. The normalized spacial score (nSPS) is 12.2. The molecule has 0 radical (unpaired) electrons. The molecule has 0 aliphatic heterocycles. The third kappa shape index (κ3) is 4.22. The molecule has 0 saturated carbocycles. The lowest BCUT2D eigenvalue weighted by atomic mass is 10.1. The zero-order valence-electron chi connectivity index (χ0n) is 13.8. The molecule has 0 saturated heterocycles. The van der Waals surface area contributed by atoms with E-state index in [1.54, 1.807) is 36.0 Å². The topological polar surface area (TPSA) is 67.2 Å². The Morgan fingerprint density at radius 3 is 2.64 bits per heavy atom. The zero-order chi connectivity index (χ0) is 17.6. The zero-order valence-corrected chi connectivity index (χ0v) is 13.8. The van der Waals surface area contributed by atoms with Crippen LogP contribution in [0.5, 0.6) is 0 Å². The summed E-state index contributed by atoms with van der Waals surface area (Å²) in [5, 5.41) is 16.8. The minimum Gasteiger partial charge on any atom is -0.389 e. The maximum absolute atomic E-state index is 12.1. The van der Waals surface area contributed by atoms with E-state index in [1.807, 2.05) is 48.7 Å². The Morgan fingerprint density at radius 2 is 1.88 bits per heavy atom. The van der Waals surface area contributed by atoms with Gasteiger partial charge in [0.1, 0.15) is 0 Å². The van der Waals surface area contributed by atoms with Crippen molar-refractivity contribution in [2.45, 2.75) is 13.0 Å². The summed E-state index contributed by atoms with van der Waals surface area (Å²) in [6, 6.07) is 16.9. The smallest absolute Gasteiger partial charge is 0.248 e. The number of hydrogen-bond donors (Lipinski definition) is 2. The minimum absolute atomic E-state index is 0.263. The Kier molecular flexibility index (Phi) is 5.06. The van der Waals surface area contributed by atoms with E-state index in [0.29, 0.717) is 11.3 Å². The van der Waals surface area contributed by atoms with Crippen molar-refractivity contribution in [3.05, 3.63) is 84.2 Å². The van der Waals surface area contributed by atoms with Crippen LogP contribution in [0.4, 0.5) is 5.69 Å². The van der Waals surface area contributed by atoms with Gasteiger partial charge in [-0.1, -0.05) is 36.4 Å². The van der Waals surface area contributed by atoms with Gasteiger partial charge in [0, 0.05) is 29.1 Å². The van der Waals surface area contributed by atoms with Crippen LogP contribution in [0.2, 0.25) is 0 Å². The number of anilines is 1. The number of para-hydroxylation sites is 2. The number of nitrogens with zero attached hydrogens (tertiary/aromatic N) is 2. The summed E-state index contributed by atoms with van der Waals surface area (Å²) in [6.45, 7) is 1.67. The maximum atomic E-state index is 12.1. The number of rotatable bonds is 5. The highest BCUT2D eigenvalue weighted by Crippen LogP contribution is 2.22. The third-order valence-electron chi connectivity index (χ3n) is 3.72. The van der Waals surface area contributed by atoms with Crippen molar-refractivity contribution in [2.75, 3.05) is 5.32 Å². The van der Waals surface area contributed by atoms with E-state index >= 15 is 0 Å². The van der Waals surface area contributed by atoms with E-state index in [2.05, 4.69) is 10.4 Å². The molecule has 1 unspecified atom stereocenters. The van der Waals surface area contributed by atoms with Crippen LogP contribution < -0.4 is 5.32 Å². The summed E-state index contributed by atoms with van der Waals surface area (Å²) in [7, 11) is 0. The van der Waals surface area contributed by atoms with Gasteiger partial charge in [-0.3, -0.25) is 4.79 Å². The standard InChI is InChI=1S/C20H19N3O2/c1-15(24)18-9-5-6-10-19(18)22-20(25)12-11-16-13-21-23(14-16)17-7-3-2-4-8-17/h2-15,24H,1H3,(H,22,25)/b12-11+. The van der Waals surface area contributed by atoms with E-state index in [4.69, 9.17) is 0 Å². The Bertz CT molecular complexity index is 883. The molecule has 2 aromatic carbocycles. The van der Waals surface area contributed by atoms with Crippen LogP contribution in [0.25, 0.3) is 11.8 Å². The molecule has 5 nitrogen and oxygen atoms in total. The largest absolute Gasteiger partial charge is 0.389 e. The number of nitrogens with one attached hydrogen (secondary N) is 1. The van der Waals surface area contributed by atoms with E-state index in [-0.39, 0.29) is 5.91 Å². The molecule has 1 atom stereocenters. The van der Waals surface area contributed by atoms with E-state index in [0.717, 1.165) is 11.3 Å². The first-order valence-electron chi connectivity index (χ1n) is 7.99. The highest BCUT2D eigenvalue weighted by molar-refractivity contribution is 6.02. The van der Waals surface area contributed by atoms with Crippen LogP contribution >= 0.6 is 0 Å². The number of aliphatic hydroxyl groups excluding tert-OH is 1. The summed E-state index contributed by atoms with van der Waals surface area (Å²) in [5.74, 6) is -0.263. The Balaban J connectivity index is 1.69. The average Bonchev–Trinajstić information content (AvgIpc) is 3.10. The summed E-state index contributed by atoms with van der Waals surface area (Å²) < 4.78 is 1.75. The number of carbonyl (C=O) groups is 1. The molecule has 3 rings (SSSR count). The van der Waals surface area contributed by atoms with E-state index in [1.165, 1.54) is 6.08 Å². The number of aliphatic hydroxyl groups is 1. The van der Waals surface area contributed by atoms with Crippen LogP contribution in [-0.4, -0.2) is 20.8 Å². The monoisotopic (exact) mass is 333 g/mol. The summed E-state index contributed by atoms with van der Waals surface area (Å²) in [6.07, 6.45) is 6.05. The highest BCUT2D eigenvalue weighted by atomic mass is 16.3. The van der Waals surface area contributed by atoms with Crippen LogP contribution in [0.1, 0.15) is 24.2 Å². The molecule has 126 valence electrons. The van der Waals surface area contributed by atoms with Gasteiger partial charge in [-0.15, -0.1) is 0 Å². The predicted octanol–water partition coefficient (Wildman–Crippen LogP) is 3.58. The summed E-state index contributed by atoms with van der Waals surface area (Å²) >= 11 is 0. The number of hydrogen-bond acceptors (Lipinski definition) is 3. The van der Waals surface area contributed by atoms with Gasteiger partial charge in [-0.25, -0.2) is 4.68 Å². The third-order valence-corrected chi connectivity index (χ3v) is 3.72. The molecule has 25 heavy (non-hydrogen) atoms. The van der Waals surface area contributed by atoms with Crippen molar-refractivity contribution in [2.24, 2.45) is 0 Å². The fourth-order valence-corrected chi connectivity index (χ4v) is 2.47. The Morgan fingerprint density at radius 1 is 1.16 bits per heavy atom. The molecular weight excluding hydrogens is 314 g/mol. The first kappa shape index (κ1) is 16.7. The van der Waals surface area contributed by atoms with Gasteiger partial charge < -0.3 is 10.4 Å². The number of aromatic nitrogens is 2. The van der Waals surface area contributed by atoms with E-state index in [9.17, 15) is 9.90 Å². The second kappa shape index (κ2) is 7.59. The fourth-order valence-electron chi connectivity index (χ4n) is 2.47. The van der Waals surface area contributed by atoms with Gasteiger partial charge in [0.15, 0.2) is 0 Å². The van der Waals surface area contributed by atoms with Crippen molar-refractivity contribution in [1.29, 1.82) is 0 Å². The molecular formula is C20H19N3O2. The van der Waals surface area contributed by atoms with Crippen molar-refractivity contribution >= 4 is 17.7 Å². The first-order valence-corrected chi connectivity index (χ1v) is 7.99. The number of carbonyl (C=O) groups excluding carboxylic acids is 1. The van der Waals surface area contributed by atoms with Crippen molar-refractivity contribution in [3.8, 4) is 5.69 Å². The van der Waals surface area contributed by atoms with Crippen LogP contribution in [-0.2, 0) is 4.79 Å². The molecule has 1 heterocycles. The van der Waals surface area contributed by atoms with Gasteiger partial charge in [-0.2, -0.15) is 5.10 Å². The first-order chi connectivity index (χ1) is 12.1. The van der Waals surface area contributed by atoms with Gasteiger partial charge in [0.2, 0.25) is 5.91 Å². The lowest BCUT2D eigenvalue weighted by molar-refractivity contribution is -0.111. The van der Waals surface area contributed by atoms with Gasteiger partial charge >= 0.3 is 0 Å². The second-order valence-electron chi connectivity index (χ2n) is 5.64. The summed E-state index contributed by atoms with van der Waals surface area (Å²) in [5.41, 5.74) is 3.06. The molecule has 0 aliphatic carbocycles. The Hall–Kier alpha value is -3.18. The minimum atomic E-state index is -0.649. The number of benzene rings is 2. The molecule has 5 heteroatoms. The van der Waals surface area contributed by atoms with Crippen LogP contribution in [0.3, 0.4) is 0 Å². The number of amides is 1. The van der Waals surface area contributed by atoms with Gasteiger partial charge in [-0.05, 0) is 31.2 Å². The average molecular weight is 333 g/mol. The predicted molar refractivity (Wildman–Crippen MR) is 98.3 cm³/mol. The molecule has 0 fully saturated rings. The SMILES string of the molecule is CC(O)c1ccccc1NC(=O)/C=C/c1cnn(-c2ccccc2)c1. The molecule has 3 aromatic rings. The highest BCUT2D eigenvalue weighted by Gasteiger charge is 2.08. The molecule has 0 aliphatic rings. The van der Waals surface area contributed by atoms with Crippen LogP contribution in [0, 0.1) is 0 Å². The quantitative estimate of drug-likeness (QED) is 0.701. The lowest BCUT2D eigenvalue weighted by Gasteiger charge is -2.11. The van der Waals surface area contributed by atoms with Crippen molar-refractivity contribution < 1.29 is 9.90 Å². The van der Waals surface area contributed by atoms with Crippen molar-refractivity contribution in [1.82, 2.24) is 9.78 Å². The molecule has 0 spiro atoms. The summed E-state index contributed by atoms with van der Waals surface area (Å²) in [4.78, 5) is 12.1. The van der Waals surface area contributed by atoms with E-state index < -0.39 is 6.10 Å². The van der Waals surface area contributed by atoms with Gasteiger partial charge in [0.25, 0.3) is 0 Å². The van der Waals surface area contributed by atoms with Crippen LogP contribution in [0.15, 0.2) is 73.1 Å². The lowest BCUT2D eigenvalue weighted by Crippen LogP contribution is -2.10. The fraction of sp³-hybridized carbons (Fsp3) is 0.100. The Labute approximate surface area is 146 Å². The maximum Gasteiger partial charge on any atom is 0.248 e. The van der Waals surface area contributed by atoms with Gasteiger partial charge in [0.05, 0.1) is 18.0 Å². The van der Waals surface area contributed by atoms with Crippen molar-refractivity contribution in [3.63, 3.8) is 0 Å². The molecule has 1 aromatic heterocycles.